The van der Waals surface area contributed by atoms with Crippen molar-refractivity contribution >= 4 is 12.1 Å². The Morgan fingerprint density at radius 3 is 2.68 bits per heavy atom. The molecule has 1 fully saturated rings. The van der Waals surface area contributed by atoms with Gasteiger partial charge in [-0.2, -0.15) is 0 Å². The van der Waals surface area contributed by atoms with Gasteiger partial charge in [0, 0.05) is 0 Å². The van der Waals surface area contributed by atoms with Crippen LogP contribution in [0.3, 0.4) is 0 Å². The van der Waals surface area contributed by atoms with Crippen LogP contribution in [-0.2, 0) is 4.74 Å². The molecule has 0 spiro atoms. The molecule has 5 heteroatoms. The minimum atomic E-state index is -0.914. The zero-order valence-corrected chi connectivity index (χ0v) is 10.8. The monoisotopic (exact) mass is 263 g/mol. The first-order valence-corrected chi connectivity index (χ1v) is 6.34. The minimum Gasteiger partial charge on any atom is -0.478 e. The second-order valence-electron chi connectivity index (χ2n) is 4.81. The molecule has 0 bridgehead atoms. The van der Waals surface area contributed by atoms with Gasteiger partial charge in [-0.15, -0.1) is 0 Å². The van der Waals surface area contributed by atoms with E-state index < -0.39 is 5.97 Å². The molecule has 19 heavy (non-hydrogen) atoms. The molecule has 1 saturated heterocycles. The average Bonchev–Trinajstić information content (AvgIpc) is 2.82. The Balaban J connectivity index is 1.87. The molecule has 2 atom stereocenters. The maximum Gasteiger partial charge on any atom is 0.407 e. The Hall–Kier alpha value is -2.04. The Labute approximate surface area is 111 Å². The number of carboxylic acids is 1. The predicted molar refractivity (Wildman–Crippen MR) is 69.3 cm³/mol. The van der Waals surface area contributed by atoms with Crippen LogP contribution in [0.4, 0.5) is 4.79 Å². The van der Waals surface area contributed by atoms with Crippen LogP contribution in [0.5, 0.6) is 0 Å². The Morgan fingerprint density at radius 1 is 1.47 bits per heavy atom. The van der Waals surface area contributed by atoms with E-state index in [2.05, 4.69) is 12.2 Å². The van der Waals surface area contributed by atoms with Crippen LogP contribution in [0.1, 0.15) is 41.6 Å². The minimum absolute atomic E-state index is 0.0479. The van der Waals surface area contributed by atoms with Crippen molar-refractivity contribution in [3.8, 4) is 0 Å². The number of carboxylic acid groups (broad SMARTS) is 1. The summed E-state index contributed by atoms with van der Waals surface area (Å²) in [6.45, 7) is 2.66. The molecule has 1 aliphatic heterocycles. The van der Waals surface area contributed by atoms with Gasteiger partial charge >= 0.3 is 12.1 Å². The summed E-state index contributed by atoms with van der Waals surface area (Å²) in [5, 5.41) is 11.5. The zero-order chi connectivity index (χ0) is 13.8. The smallest absolute Gasteiger partial charge is 0.407 e. The van der Waals surface area contributed by atoms with Crippen molar-refractivity contribution in [1.82, 2.24) is 5.32 Å². The lowest BCUT2D eigenvalue weighted by Gasteiger charge is -2.14. The summed E-state index contributed by atoms with van der Waals surface area (Å²) in [7, 11) is 0. The second kappa shape index (κ2) is 5.73. The number of rotatable bonds is 5. The van der Waals surface area contributed by atoms with Gasteiger partial charge in [-0.25, -0.2) is 9.59 Å². The normalized spacial score (nSPS) is 19.6. The topological polar surface area (TPSA) is 75.6 Å². The number of cyclic esters (lactones) is 1. The first-order chi connectivity index (χ1) is 9.06. The van der Waals surface area contributed by atoms with Gasteiger partial charge in [0.25, 0.3) is 0 Å². The lowest BCUT2D eigenvalue weighted by Crippen LogP contribution is -2.15. The predicted octanol–water partition coefficient (Wildman–Crippen LogP) is 2.38. The summed E-state index contributed by atoms with van der Waals surface area (Å²) in [5.74, 6) is -0.606. The second-order valence-corrected chi connectivity index (χ2v) is 4.81. The van der Waals surface area contributed by atoms with Gasteiger partial charge in [0.15, 0.2) is 0 Å². The van der Waals surface area contributed by atoms with Gasteiger partial charge in [0.05, 0.1) is 12.1 Å². The number of carbonyl (C=O) groups excluding carboxylic acids is 1. The molecule has 1 aromatic rings. The fraction of sp³-hybridized carbons (Fsp3) is 0.429. The lowest BCUT2D eigenvalue weighted by atomic mass is 9.94. The highest BCUT2D eigenvalue weighted by atomic mass is 16.6. The van der Waals surface area contributed by atoms with E-state index in [9.17, 15) is 9.59 Å². The SMILES string of the molecule is C[C@H](CC[C@H]1CNC(=O)O1)c1ccc(C(=O)O)cc1. The number of ether oxygens (including phenoxy) is 1. The number of aromatic carboxylic acids is 1. The molecule has 0 radical (unpaired) electrons. The molecule has 5 nitrogen and oxygen atoms in total. The van der Waals surface area contributed by atoms with Gasteiger partial charge in [-0.05, 0) is 36.5 Å². The molecule has 0 saturated carbocycles. The van der Waals surface area contributed by atoms with Crippen molar-refractivity contribution in [2.24, 2.45) is 0 Å². The molecule has 2 N–H and O–H groups in total. The van der Waals surface area contributed by atoms with E-state index in [-0.39, 0.29) is 12.2 Å². The van der Waals surface area contributed by atoms with Crippen molar-refractivity contribution in [3.05, 3.63) is 35.4 Å². The van der Waals surface area contributed by atoms with Crippen molar-refractivity contribution < 1.29 is 19.4 Å². The van der Waals surface area contributed by atoms with E-state index in [1.54, 1.807) is 12.1 Å². The van der Waals surface area contributed by atoms with Crippen molar-refractivity contribution in [1.29, 1.82) is 0 Å². The van der Waals surface area contributed by atoms with Crippen molar-refractivity contribution in [2.75, 3.05) is 6.54 Å². The summed E-state index contributed by atoms with van der Waals surface area (Å²) >= 11 is 0. The van der Waals surface area contributed by atoms with Crippen molar-refractivity contribution in [2.45, 2.75) is 31.8 Å². The number of carbonyl (C=O) groups is 2. The standard InChI is InChI=1S/C14H17NO4/c1-9(2-7-12-8-15-14(18)19-12)10-3-5-11(6-4-10)13(16)17/h3-6,9,12H,2,7-8H2,1H3,(H,15,18)(H,16,17)/t9-,12+/m1/s1. The van der Waals surface area contributed by atoms with Crippen LogP contribution in [0.2, 0.25) is 0 Å². The van der Waals surface area contributed by atoms with Gasteiger partial charge in [0.2, 0.25) is 0 Å². The first-order valence-electron chi connectivity index (χ1n) is 6.34. The summed E-state index contributed by atoms with van der Waals surface area (Å²) in [5.41, 5.74) is 1.40. The molecular formula is C14H17NO4. The zero-order valence-electron chi connectivity index (χ0n) is 10.8. The molecule has 1 aromatic carbocycles. The summed E-state index contributed by atoms with van der Waals surface area (Å²) in [6, 6.07) is 6.91. The highest BCUT2D eigenvalue weighted by molar-refractivity contribution is 5.87. The Kier molecular flexibility index (Phi) is 4.04. The van der Waals surface area contributed by atoms with Crippen LogP contribution < -0.4 is 5.32 Å². The molecule has 1 heterocycles. The van der Waals surface area contributed by atoms with Crippen LogP contribution in [-0.4, -0.2) is 29.8 Å². The third-order valence-corrected chi connectivity index (χ3v) is 3.40. The van der Waals surface area contributed by atoms with Crippen LogP contribution in [0.15, 0.2) is 24.3 Å². The van der Waals surface area contributed by atoms with Crippen LogP contribution >= 0.6 is 0 Å². The third kappa shape index (κ3) is 3.47. The molecule has 0 unspecified atom stereocenters. The Morgan fingerprint density at radius 2 is 2.16 bits per heavy atom. The van der Waals surface area contributed by atoms with Gasteiger partial charge < -0.3 is 15.2 Å². The summed E-state index contributed by atoms with van der Waals surface area (Å²) < 4.78 is 5.07. The third-order valence-electron chi connectivity index (χ3n) is 3.40. The fourth-order valence-electron chi connectivity index (χ4n) is 2.15. The summed E-state index contributed by atoms with van der Waals surface area (Å²) in [6.07, 6.45) is 1.31. The lowest BCUT2D eigenvalue weighted by molar-refractivity contribution is 0.0696. The quantitative estimate of drug-likeness (QED) is 0.855. The van der Waals surface area contributed by atoms with Crippen molar-refractivity contribution in [3.63, 3.8) is 0 Å². The van der Waals surface area contributed by atoms with E-state index in [0.717, 1.165) is 18.4 Å². The molecule has 1 amide bonds. The Bertz CT molecular complexity index is 469. The van der Waals surface area contributed by atoms with Gasteiger partial charge in [-0.1, -0.05) is 19.1 Å². The first kappa shape index (κ1) is 13.4. The molecule has 2 rings (SSSR count). The van der Waals surface area contributed by atoms with Crippen LogP contribution in [0, 0.1) is 0 Å². The van der Waals surface area contributed by atoms with E-state index in [1.807, 2.05) is 12.1 Å². The largest absolute Gasteiger partial charge is 0.478 e. The summed E-state index contributed by atoms with van der Waals surface area (Å²) in [4.78, 5) is 21.6. The highest BCUT2D eigenvalue weighted by Gasteiger charge is 2.22. The number of hydrogen-bond donors (Lipinski definition) is 2. The fourth-order valence-corrected chi connectivity index (χ4v) is 2.15. The molecule has 1 aliphatic rings. The number of benzene rings is 1. The number of nitrogens with one attached hydrogen (secondary N) is 1. The van der Waals surface area contributed by atoms with Gasteiger partial charge in [-0.3, -0.25) is 0 Å². The number of hydrogen-bond acceptors (Lipinski definition) is 3. The molecule has 0 aromatic heterocycles. The number of alkyl carbamates (subject to hydrolysis) is 1. The molecular weight excluding hydrogens is 246 g/mol. The maximum absolute atomic E-state index is 10.9. The van der Waals surface area contributed by atoms with E-state index in [4.69, 9.17) is 9.84 Å². The molecule has 0 aliphatic carbocycles. The van der Waals surface area contributed by atoms with E-state index in [0.29, 0.717) is 18.0 Å². The van der Waals surface area contributed by atoms with Crippen LogP contribution in [0.25, 0.3) is 0 Å². The average molecular weight is 263 g/mol. The van der Waals surface area contributed by atoms with E-state index in [1.165, 1.54) is 0 Å². The molecule has 102 valence electrons. The highest BCUT2D eigenvalue weighted by Crippen LogP contribution is 2.23. The number of amides is 1. The van der Waals surface area contributed by atoms with E-state index >= 15 is 0 Å². The maximum atomic E-state index is 10.9. The van der Waals surface area contributed by atoms with Gasteiger partial charge in [0.1, 0.15) is 6.10 Å².